The van der Waals surface area contributed by atoms with E-state index in [9.17, 15) is 9.59 Å². The molecule has 5 nitrogen and oxygen atoms in total. The number of rotatable bonds is 4. The van der Waals surface area contributed by atoms with Gasteiger partial charge in [0.15, 0.2) is 0 Å². The van der Waals surface area contributed by atoms with Gasteiger partial charge in [0.05, 0.1) is 0 Å². The first-order chi connectivity index (χ1) is 9.76. The van der Waals surface area contributed by atoms with Crippen molar-refractivity contribution in [1.82, 2.24) is 4.90 Å². The molecule has 0 aliphatic carbocycles. The summed E-state index contributed by atoms with van der Waals surface area (Å²) in [6.07, 6.45) is 1.91. The molecule has 2 atom stereocenters. The van der Waals surface area contributed by atoms with E-state index in [1.165, 1.54) is 4.90 Å². The van der Waals surface area contributed by atoms with Crippen molar-refractivity contribution in [2.24, 2.45) is 5.73 Å². The zero-order valence-electron chi connectivity index (χ0n) is 11.0. The number of fused-ring (bicyclic) bond motifs is 1. The highest BCUT2D eigenvalue weighted by molar-refractivity contribution is 8.00. The number of β-lactam (4-membered cyclic amide) rings is 1. The van der Waals surface area contributed by atoms with Crippen molar-refractivity contribution >= 4 is 70.2 Å². The number of hydrogen-bond acceptors (Lipinski definition) is 6. The molecule has 0 radical (unpaired) electrons. The van der Waals surface area contributed by atoms with Gasteiger partial charge >= 0.3 is 5.97 Å². The number of alkyl halides is 3. The number of ether oxygens (including phenoxy) is 1. The van der Waals surface area contributed by atoms with Crippen LogP contribution in [0.5, 0.6) is 0 Å². The second-order valence-electron chi connectivity index (χ2n) is 4.51. The van der Waals surface area contributed by atoms with Gasteiger partial charge in [0.1, 0.15) is 23.7 Å². The molecule has 1 unspecified atom stereocenters. The Morgan fingerprint density at radius 1 is 1.57 bits per heavy atom. The number of esters is 1. The molecular weight excluding hydrogens is 379 g/mol. The topological polar surface area (TPSA) is 72.6 Å². The summed E-state index contributed by atoms with van der Waals surface area (Å²) in [6.45, 7) is -0.377. The Bertz CT molecular complexity index is 496. The Kier molecular flexibility index (Phi) is 5.66. The zero-order valence-corrected chi connectivity index (χ0v) is 14.9. The highest BCUT2D eigenvalue weighted by Crippen LogP contribution is 2.40. The molecule has 0 spiro atoms. The fourth-order valence-electron chi connectivity index (χ4n) is 2.07. The molecule has 1 fully saturated rings. The Balaban J connectivity index is 2.21. The molecule has 2 N–H and O–H groups in total. The molecule has 0 aromatic heterocycles. The molecule has 0 aromatic carbocycles. The fraction of sp³-hybridized carbons (Fsp3) is 0.636. The number of halogens is 3. The maximum absolute atomic E-state index is 12.3. The van der Waals surface area contributed by atoms with Crippen molar-refractivity contribution < 1.29 is 14.3 Å². The van der Waals surface area contributed by atoms with Crippen LogP contribution in [0.1, 0.15) is 0 Å². The van der Waals surface area contributed by atoms with Gasteiger partial charge in [-0.15, -0.1) is 11.8 Å². The minimum absolute atomic E-state index is 0.224. The summed E-state index contributed by atoms with van der Waals surface area (Å²) in [5.74, 6) is 0.306. The van der Waals surface area contributed by atoms with E-state index in [-0.39, 0.29) is 23.6 Å². The Morgan fingerprint density at radius 3 is 2.81 bits per heavy atom. The van der Waals surface area contributed by atoms with Gasteiger partial charge in [-0.2, -0.15) is 11.8 Å². The SMILES string of the molecule is CSCC1=C(C(=O)OCC(Cl)(Cl)Cl)N2C(=O)C(N)[C@@H]2SC1. The normalized spacial score (nSPS) is 25.6. The Morgan fingerprint density at radius 2 is 2.24 bits per heavy atom. The number of nitrogens with zero attached hydrogens (tertiary/aromatic N) is 1. The van der Waals surface area contributed by atoms with Crippen molar-refractivity contribution in [3.05, 3.63) is 11.3 Å². The average Bonchev–Trinajstić information content (AvgIpc) is 2.43. The molecule has 2 rings (SSSR count). The predicted octanol–water partition coefficient (Wildman–Crippen LogP) is 1.76. The van der Waals surface area contributed by atoms with Crippen LogP contribution < -0.4 is 5.73 Å². The molecular formula is C11H13Cl3N2O3S2. The van der Waals surface area contributed by atoms with Crippen molar-refractivity contribution in [3.63, 3.8) is 0 Å². The van der Waals surface area contributed by atoms with Crippen molar-refractivity contribution in [2.75, 3.05) is 24.4 Å². The van der Waals surface area contributed by atoms with Crippen LogP contribution in [0, 0.1) is 0 Å². The largest absolute Gasteiger partial charge is 0.456 e. The molecule has 21 heavy (non-hydrogen) atoms. The second kappa shape index (κ2) is 6.76. The first-order valence-electron chi connectivity index (χ1n) is 5.91. The third-order valence-corrected chi connectivity index (χ3v) is 5.29. The van der Waals surface area contributed by atoms with Gasteiger partial charge in [-0.25, -0.2) is 4.79 Å². The summed E-state index contributed by atoms with van der Waals surface area (Å²) < 4.78 is 3.33. The van der Waals surface area contributed by atoms with Crippen molar-refractivity contribution in [1.29, 1.82) is 0 Å². The van der Waals surface area contributed by atoms with Gasteiger partial charge in [0.25, 0.3) is 0 Å². The molecule has 0 aromatic rings. The van der Waals surface area contributed by atoms with Gasteiger partial charge in [-0.3, -0.25) is 9.69 Å². The average molecular weight is 392 g/mol. The first kappa shape index (κ1) is 17.6. The molecule has 1 saturated heterocycles. The summed E-state index contributed by atoms with van der Waals surface area (Å²) in [5.41, 5.74) is 6.82. The lowest BCUT2D eigenvalue weighted by molar-refractivity contribution is -0.150. The van der Waals surface area contributed by atoms with Crippen molar-refractivity contribution in [3.8, 4) is 0 Å². The number of carbonyl (C=O) groups is 2. The lowest BCUT2D eigenvalue weighted by Crippen LogP contribution is -2.68. The quantitative estimate of drug-likeness (QED) is 0.447. The van der Waals surface area contributed by atoms with E-state index in [0.717, 1.165) is 5.57 Å². The van der Waals surface area contributed by atoms with Crippen molar-refractivity contribution in [2.45, 2.75) is 15.2 Å². The van der Waals surface area contributed by atoms with Crippen LogP contribution in [0.2, 0.25) is 0 Å². The predicted molar refractivity (Wildman–Crippen MR) is 87.7 cm³/mol. The van der Waals surface area contributed by atoms with E-state index in [0.29, 0.717) is 11.5 Å². The molecule has 1 amide bonds. The molecule has 118 valence electrons. The van der Waals surface area contributed by atoms with Gasteiger partial charge in [0, 0.05) is 11.5 Å². The zero-order chi connectivity index (χ0) is 15.8. The smallest absolute Gasteiger partial charge is 0.355 e. The van der Waals surface area contributed by atoms with E-state index < -0.39 is 15.8 Å². The lowest BCUT2D eigenvalue weighted by Gasteiger charge is -2.48. The minimum Gasteiger partial charge on any atom is -0.456 e. The summed E-state index contributed by atoms with van der Waals surface area (Å²) >= 11 is 19.8. The van der Waals surface area contributed by atoms with Crippen LogP contribution in [0.15, 0.2) is 11.3 Å². The summed E-state index contributed by atoms with van der Waals surface area (Å²) in [6, 6.07) is -0.582. The van der Waals surface area contributed by atoms with Gasteiger partial charge in [-0.05, 0) is 11.8 Å². The molecule has 2 aliphatic rings. The second-order valence-corrected chi connectivity index (χ2v) is 9.00. The first-order valence-corrected chi connectivity index (χ1v) is 9.49. The molecule has 2 heterocycles. The number of amides is 1. The summed E-state index contributed by atoms with van der Waals surface area (Å²) in [5, 5.41) is -0.224. The third-order valence-electron chi connectivity index (χ3n) is 2.97. The number of carbonyl (C=O) groups excluding carboxylic acids is 2. The Hall–Kier alpha value is 0.210. The summed E-state index contributed by atoms with van der Waals surface area (Å²) in [4.78, 5) is 25.6. The molecule has 10 heteroatoms. The standard InChI is InChI=1S/C11H13Cl3N2O3S2/c1-20-2-5-3-21-9-6(15)8(17)16(9)7(5)10(18)19-4-11(12,13)14/h6,9H,2-4,15H2,1H3/t6?,9-/m0/s1. The van der Waals surface area contributed by atoms with Crippen LogP contribution in [0.4, 0.5) is 0 Å². The van der Waals surface area contributed by atoms with Crippen LogP contribution in [0.3, 0.4) is 0 Å². The molecule has 0 bridgehead atoms. The third kappa shape index (κ3) is 3.76. The van der Waals surface area contributed by atoms with Gasteiger partial charge in [0.2, 0.25) is 9.70 Å². The van der Waals surface area contributed by atoms with E-state index in [4.69, 9.17) is 45.3 Å². The van der Waals surface area contributed by atoms with Crippen LogP contribution in [-0.4, -0.2) is 56.4 Å². The van der Waals surface area contributed by atoms with E-state index in [2.05, 4.69) is 0 Å². The van der Waals surface area contributed by atoms with E-state index >= 15 is 0 Å². The van der Waals surface area contributed by atoms with Crippen LogP contribution in [-0.2, 0) is 14.3 Å². The van der Waals surface area contributed by atoms with Crippen LogP contribution >= 0.6 is 58.3 Å². The fourth-order valence-corrected chi connectivity index (χ4v) is 4.24. The molecule has 2 aliphatic heterocycles. The highest BCUT2D eigenvalue weighted by Gasteiger charge is 2.52. The maximum Gasteiger partial charge on any atom is 0.355 e. The van der Waals surface area contributed by atoms with Gasteiger partial charge in [-0.1, -0.05) is 34.8 Å². The Labute approximate surface area is 145 Å². The van der Waals surface area contributed by atoms with E-state index in [1.807, 2.05) is 6.26 Å². The maximum atomic E-state index is 12.3. The molecule has 0 saturated carbocycles. The van der Waals surface area contributed by atoms with Crippen LogP contribution in [0.25, 0.3) is 0 Å². The monoisotopic (exact) mass is 390 g/mol. The lowest BCUT2D eigenvalue weighted by atomic mass is 10.0. The number of nitrogens with two attached hydrogens (primary N) is 1. The van der Waals surface area contributed by atoms with Gasteiger partial charge < -0.3 is 10.5 Å². The number of hydrogen-bond donors (Lipinski definition) is 1. The summed E-state index contributed by atoms with van der Waals surface area (Å²) in [7, 11) is 0. The number of thioether (sulfide) groups is 2. The van der Waals surface area contributed by atoms with E-state index in [1.54, 1.807) is 23.5 Å². The minimum atomic E-state index is -1.69. The highest BCUT2D eigenvalue weighted by atomic mass is 35.6.